The SMILES string of the molecule is C(=C\c1cccc2c(N3c4ccccc4Cc4ccccc43)cccc12)/c1ccc2c(c1)C1(CCCC1)c1cc(N3c4ccccc4Cc4ccccc43)ccc1-2. The maximum absolute atomic E-state index is 2.54. The van der Waals surface area contributed by atoms with Gasteiger partial charge in [0.2, 0.25) is 0 Å². The van der Waals surface area contributed by atoms with Crippen molar-refractivity contribution in [2.24, 2.45) is 0 Å². The van der Waals surface area contributed by atoms with Gasteiger partial charge < -0.3 is 9.80 Å². The summed E-state index contributed by atoms with van der Waals surface area (Å²) < 4.78 is 0. The number of hydrogen-bond donors (Lipinski definition) is 0. The molecule has 0 aromatic heterocycles. The third-order valence-corrected chi connectivity index (χ3v) is 13.4. The van der Waals surface area contributed by atoms with Crippen LogP contribution in [0.4, 0.5) is 34.1 Å². The monoisotopic (exact) mass is 730 g/mol. The summed E-state index contributed by atoms with van der Waals surface area (Å²) in [5, 5.41) is 2.52. The first-order valence-electron chi connectivity index (χ1n) is 20.6. The summed E-state index contributed by atoms with van der Waals surface area (Å²) in [6.45, 7) is 0. The van der Waals surface area contributed by atoms with Gasteiger partial charge in [0, 0.05) is 52.1 Å². The van der Waals surface area contributed by atoms with E-state index in [-0.39, 0.29) is 5.41 Å². The van der Waals surface area contributed by atoms with Gasteiger partial charge in [0.1, 0.15) is 0 Å². The molecular weight excluding hydrogens is 689 g/mol. The molecule has 4 aliphatic rings. The Morgan fingerprint density at radius 2 is 0.912 bits per heavy atom. The van der Waals surface area contributed by atoms with Crippen LogP contribution in [0.1, 0.15) is 70.2 Å². The zero-order chi connectivity index (χ0) is 37.5. The highest BCUT2D eigenvalue weighted by Crippen LogP contribution is 2.58. The van der Waals surface area contributed by atoms with Crippen LogP contribution in [0, 0.1) is 0 Å². The van der Waals surface area contributed by atoms with Crippen LogP contribution in [-0.4, -0.2) is 0 Å². The zero-order valence-corrected chi connectivity index (χ0v) is 32.0. The van der Waals surface area contributed by atoms with Gasteiger partial charge in [0.25, 0.3) is 0 Å². The molecule has 57 heavy (non-hydrogen) atoms. The molecule has 0 radical (unpaired) electrons. The second kappa shape index (κ2) is 12.7. The van der Waals surface area contributed by atoms with E-state index in [0.717, 1.165) is 12.8 Å². The third kappa shape index (κ3) is 4.96. The number of hydrogen-bond acceptors (Lipinski definition) is 2. The van der Waals surface area contributed by atoms with Crippen LogP contribution >= 0.6 is 0 Å². The fourth-order valence-electron chi connectivity index (χ4n) is 10.8. The van der Waals surface area contributed by atoms with Crippen molar-refractivity contribution in [1.82, 2.24) is 0 Å². The molecule has 1 fully saturated rings. The van der Waals surface area contributed by atoms with Crippen LogP contribution < -0.4 is 9.80 Å². The van der Waals surface area contributed by atoms with Gasteiger partial charge in [-0.1, -0.05) is 152 Å². The largest absolute Gasteiger partial charge is 0.310 e. The van der Waals surface area contributed by atoms with E-state index in [1.807, 2.05) is 0 Å². The van der Waals surface area contributed by atoms with E-state index in [9.17, 15) is 0 Å². The number of para-hydroxylation sites is 4. The average molecular weight is 731 g/mol. The van der Waals surface area contributed by atoms with Gasteiger partial charge in [0.15, 0.2) is 0 Å². The van der Waals surface area contributed by atoms with Crippen molar-refractivity contribution < 1.29 is 0 Å². The summed E-state index contributed by atoms with van der Waals surface area (Å²) in [6, 6.07) is 63.7. The Hall–Kier alpha value is -6.64. The van der Waals surface area contributed by atoms with Crippen molar-refractivity contribution >= 4 is 57.0 Å². The Morgan fingerprint density at radius 3 is 1.54 bits per heavy atom. The highest BCUT2D eigenvalue weighted by molar-refractivity contribution is 6.04. The topological polar surface area (TPSA) is 6.48 Å². The van der Waals surface area contributed by atoms with E-state index in [2.05, 4.69) is 192 Å². The minimum atomic E-state index is 0.0503. The number of rotatable bonds is 4. The van der Waals surface area contributed by atoms with Crippen LogP contribution in [0.2, 0.25) is 0 Å². The standard InChI is InChI=1S/C55H42N2/c1-5-20-50-39(13-1)34-40-14-2-6-21-51(40)56(50)43-28-30-46-45-29-26-37(33-48(45)55(49(46)36-43)31-9-10-32-55)25-27-38-17-11-19-47-44(38)18-12-24-54(47)57-52-22-7-3-15-41(52)35-42-16-4-8-23-53(42)57/h1-8,11-30,33,36H,9-10,31-32,34-35H2/b27-25+. The number of nitrogens with zero attached hydrogens (tertiary/aromatic N) is 2. The van der Waals surface area contributed by atoms with Gasteiger partial charge >= 0.3 is 0 Å². The molecule has 2 aliphatic carbocycles. The molecule has 0 amide bonds. The summed E-state index contributed by atoms with van der Waals surface area (Å²) >= 11 is 0. The molecule has 0 unspecified atom stereocenters. The van der Waals surface area contributed by atoms with Crippen LogP contribution in [0.3, 0.4) is 0 Å². The molecule has 0 N–H and O–H groups in total. The normalized spacial score (nSPS) is 15.6. The Bertz CT molecular complexity index is 2850. The Balaban J connectivity index is 0.923. The van der Waals surface area contributed by atoms with Crippen molar-refractivity contribution in [3.63, 3.8) is 0 Å². The summed E-state index contributed by atoms with van der Waals surface area (Å²) in [5.74, 6) is 0. The van der Waals surface area contributed by atoms with Crippen molar-refractivity contribution in [1.29, 1.82) is 0 Å². The van der Waals surface area contributed by atoms with Gasteiger partial charge in [-0.15, -0.1) is 0 Å². The van der Waals surface area contributed by atoms with Gasteiger partial charge in [-0.3, -0.25) is 0 Å². The molecule has 1 spiro atoms. The van der Waals surface area contributed by atoms with Gasteiger partial charge in [-0.25, -0.2) is 0 Å². The minimum Gasteiger partial charge on any atom is -0.310 e. The van der Waals surface area contributed by atoms with E-state index in [4.69, 9.17) is 0 Å². The molecule has 12 rings (SSSR count). The van der Waals surface area contributed by atoms with Crippen LogP contribution in [-0.2, 0) is 18.3 Å². The van der Waals surface area contributed by atoms with E-state index >= 15 is 0 Å². The molecule has 8 aromatic carbocycles. The predicted molar refractivity (Wildman–Crippen MR) is 239 cm³/mol. The summed E-state index contributed by atoms with van der Waals surface area (Å²) in [4.78, 5) is 4.98. The minimum absolute atomic E-state index is 0.0503. The van der Waals surface area contributed by atoms with Crippen molar-refractivity contribution in [2.45, 2.75) is 43.9 Å². The first-order valence-corrected chi connectivity index (χ1v) is 20.6. The molecule has 2 heteroatoms. The fraction of sp³-hybridized carbons (Fsp3) is 0.127. The first-order chi connectivity index (χ1) is 28.2. The molecule has 2 nitrogen and oxygen atoms in total. The van der Waals surface area contributed by atoms with Crippen molar-refractivity contribution in [3.8, 4) is 11.1 Å². The van der Waals surface area contributed by atoms with E-state index in [1.165, 1.54) is 126 Å². The number of fused-ring (bicyclic) bond motifs is 10. The van der Waals surface area contributed by atoms with Crippen molar-refractivity contribution in [2.75, 3.05) is 9.80 Å². The van der Waals surface area contributed by atoms with E-state index < -0.39 is 0 Å². The fourth-order valence-corrected chi connectivity index (χ4v) is 10.8. The molecule has 1 saturated carbocycles. The Labute approximate surface area is 335 Å². The van der Waals surface area contributed by atoms with Crippen LogP contribution in [0.5, 0.6) is 0 Å². The molecule has 0 bridgehead atoms. The maximum Gasteiger partial charge on any atom is 0.0540 e. The number of benzene rings is 8. The van der Waals surface area contributed by atoms with Crippen molar-refractivity contribution in [3.05, 3.63) is 214 Å². The highest BCUT2D eigenvalue weighted by atomic mass is 15.2. The summed E-state index contributed by atoms with van der Waals surface area (Å²) in [6.07, 6.45) is 11.5. The Kier molecular flexibility index (Phi) is 7.26. The Morgan fingerprint density at radius 1 is 0.404 bits per heavy atom. The van der Waals surface area contributed by atoms with Crippen LogP contribution in [0.15, 0.2) is 170 Å². The molecule has 2 heterocycles. The lowest BCUT2D eigenvalue weighted by atomic mass is 9.76. The molecule has 272 valence electrons. The third-order valence-electron chi connectivity index (χ3n) is 13.4. The van der Waals surface area contributed by atoms with Crippen LogP contribution in [0.25, 0.3) is 34.1 Å². The second-order valence-electron chi connectivity index (χ2n) is 16.4. The molecule has 0 saturated heterocycles. The summed E-state index contributed by atoms with van der Waals surface area (Å²) in [5.41, 5.74) is 21.5. The van der Waals surface area contributed by atoms with Gasteiger partial charge in [-0.2, -0.15) is 0 Å². The zero-order valence-electron chi connectivity index (χ0n) is 32.0. The van der Waals surface area contributed by atoms with Gasteiger partial charge in [-0.05, 0) is 116 Å². The maximum atomic E-state index is 2.54. The first kappa shape index (κ1) is 32.6. The number of anilines is 6. The van der Waals surface area contributed by atoms with Gasteiger partial charge in [0.05, 0.1) is 5.69 Å². The lowest BCUT2D eigenvalue weighted by Gasteiger charge is -2.34. The lowest BCUT2D eigenvalue weighted by molar-refractivity contribution is 0.550. The van der Waals surface area contributed by atoms with E-state index in [0.29, 0.717) is 0 Å². The predicted octanol–water partition coefficient (Wildman–Crippen LogP) is 14.6. The van der Waals surface area contributed by atoms with E-state index in [1.54, 1.807) is 0 Å². The summed E-state index contributed by atoms with van der Waals surface area (Å²) in [7, 11) is 0. The molecule has 8 aromatic rings. The quantitative estimate of drug-likeness (QED) is 0.166. The molecule has 0 atom stereocenters. The highest BCUT2D eigenvalue weighted by Gasteiger charge is 2.45. The molecular formula is C55H42N2. The smallest absolute Gasteiger partial charge is 0.0540 e. The molecule has 2 aliphatic heterocycles. The lowest BCUT2D eigenvalue weighted by Crippen LogP contribution is -2.22. The second-order valence-corrected chi connectivity index (χ2v) is 16.4. The average Bonchev–Trinajstić information content (AvgIpc) is 3.87.